The minimum absolute atomic E-state index is 0.111. The molecule has 0 saturated heterocycles. The molecule has 0 spiro atoms. The number of carbonyl (C=O) groups excluding carboxylic acids is 1. The van der Waals surface area contributed by atoms with Crippen LogP contribution in [0.3, 0.4) is 0 Å². The molecule has 0 bridgehead atoms. The standard InChI is InChI=1S/C16H22FNO4/c1-4-20-16(19)18-8-10-22-15-6-5-13(11-14(15)17)21-9-7-12(2)3/h5-7,11H,4,8-10H2,1-3H3,(H,18,19). The number of alkyl carbamates (subject to hydrolysis) is 1. The van der Waals surface area contributed by atoms with Gasteiger partial charge in [-0.3, -0.25) is 0 Å². The van der Waals surface area contributed by atoms with E-state index in [0.29, 0.717) is 19.0 Å². The van der Waals surface area contributed by atoms with Gasteiger partial charge in [-0.1, -0.05) is 5.57 Å². The van der Waals surface area contributed by atoms with Gasteiger partial charge in [0.1, 0.15) is 19.0 Å². The van der Waals surface area contributed by atoms with Gasteiger partial charge >= 0.3 is 6.09 Å². The van der Waals surface area contributed by atoms with Crippen LogP contribution in [0.4, 0.5) is 9.18 Å². The Balaban J connectivity index is 2.39. The van der Waals surface area contributed by atoms with Crippen molar-refractivity contribution in [3.63, 3.8) is 0 Å². The van der Waals surface area contributed by atoms with Crippen LogP contribution in [0.2, 0.25) is 0 Å². The minimum atomic E-state index is -0.519. The predicted molar refractivity (Wildman–Crippen MR) is 81.8 cm³/mol. The average Bonchev–Trinajstić information content (AvgIpc) is 2.45. The fourth-order valence-electron chi connectivity index (χ4n) is 1.49. The number of halogens is 1. The first kappa shape index (κ1) is 17.8. The monoisotopic (exact) mass is 311 g/mol. The van der Waals surface area contributed by atoms with E-state index in [1.54, 1.807) is 13.0 Å². The average molecular weight is 311 g/mol. The van der Waals surface area contributed by atoms with E-state index in [2.05, 4.69) is 10.1 Å². The Morgan fingerprint density at radius 3 is 2.73 bits per heavy atom. The molecule has 0 unspecified atom stereocenters. The molecule has 0 atom stereocenters. The Kier molecular flexibility index (Phi) is 7.81. The highest BCUT2D eigenvalue weighted by Crippen LogP contribution is 2.22. The van der Waals surface area contributed by atoms with Gasteiger partial charge in [-0.25, -0.2) is 9.18 Å². The van der Waals surface area contributed by atoms with Crippen molar-refractivity contribution < 1.29 is 23.4 Å². The van der Waals surface area contributed by atoms with Crippen LogP contribution in [-0.4, -0.2) is 32.5 Å². The number of amides is 1. The van der Waals surface area contributed by atoms with Crippen LogP contribution in [-0.2, 0) is 4.74 Å². The summed E-state index contributed by atoms with van der Waals surface area (Å²) in [5, 5.41) is 2.48. The van der Waals surface area contributed by atoms with Crippen molar-refractivity contribution in [2.24, 2.45) is 0 Å². The Labute approximate surface area is 130 Å². The van der Waals surface area contributed by atoms with E-state index in [1.165, 1.54) is 12.1 Å². The van der Waals surface area contributed by atoms with Crippen molar-refractivity contribution in [1.82, 2.24) is 5.32 Å². The fraction of sp³-hybridized carbons (Fsp3) is 0.438. The van der Waals surface area contributed by atoms with Crippen LogP contribution in [0, 0.1) is 5.82 Å². The normalized spacial score (nSPS) is 9.82. The lowest BCUT2D eigenvalue weighted by molar-refractivity contribution is 0.150. The molecular weight excluding hydrogens is 289 g/mol. The number of hydrogen-bond acceptors (Lipinski definition) is 4. The number of carbonyl (C=O) groups is 1. The molecule has 22 heavy (non-hydrogen) atoms. The van der Waals surface area contributed by atoms with Crippen molar-refractivity contribution in [2.75, 3.05) is 26.4 Å². The number of benzene rings is 1. The van der Waals surface area contributed by atoms with Gasteiger partial charge in [0, 0.05) is 6.07 Å². The lowest BCUT2D eigenvalue weighted by Crippen LogP contribution is -2.28. The highest BCUT2D eigenvalue weighted by atomic mass is 19.1. The number of ether oxygens (including phenoxy) is 3. The zero-order chi connectivity index (χ0) is 16.4. The SMILES string of the molecule is CCOC(=O)NCCOc1ccc(OCC=C(C)C)cc1F. The maximum absolute atomic E-state index is 13.8. The zero-order valence-electron chi connectivity index (χ0n) is 13.1. The molecule has 5 nitrogen and oxygen atoms in total. The lowest BCUT2D eigenvalue weighted by Gasteiger charge is -2.10. The summed E-state index contributed by atoms with van der Waals surface area (Å²) < 4.78 is 29.1. The molecule has 0 heterocycles. The number of allylic oxidation sites excluding steroid dienone is 1. The van der Waals surface area contributed by atoms with Crippen LogP contribution in [0.5, 0.6) is 11.5 Å². The van der Waals surface area contributed by atoms with E-state index < -0.39 is 11.9 Å². The maximum atomic E-state index is 13.8. The Morgan fingerprint density at radius 2 is 2.09 bits per heavy atom. The van der Waals surface area contributed by atoms with Crippen molar-refractivity contribution in [1.29, 1.82) is 0 Å². The molecule has 0 aliphatic heterocycles. The van der Waals surface area contributed by atoms with E-state index in [1.807, 2.05) is 19.9 Å². The Morgan fingerprint density at radius 1 is 1.32 bits per heavy atom. The summed E-state index contributed by atoms with van der Waals surface area (Å²) in [6, 6.07) is 4.40. The quantitative estimate of drug-likeness (QED) is 0.591. The van der Waals surface area contributed by atoms with Crippen LogP contribution in [0.15, 0.2) is 29.8 Å². The summed E-state index contributed by atoms with van der Waals surface area (Å²) in [6.07, 6.45) is 1.39. The Hall–Kier alpha value is -2.24. The van der Waals surface area contributed by atoms with Gasteiger partial charge in [-0.15, -0.1) is 0 Å². The van der Waals surface area contributed by atoms with Crippen molar-refractivity contribution in [2.45, 2.75) is 20.8 Å². The topological polar surface area (TPSA) is 56.8 Å². The van der Waals surface area contributed by atoms with Gasteiger partial charge in [-0.2, -0.15) is 0 Å². The first-order chi connectivity index (χ1) is 10.5. The molecule has 0 saturated carbocycles. The second-order valence-corrected chi connectivity index (χ2v) is 4.68. The molecule has 0 aromatic heterocycles. The third-order valence-corrected chi connectivity index (χ3v) is 2.55. The summed E-state index contributed by atoms with van der Waals surface area (Å²) in [5.41, 5.74) is 1.13. The second-order valence-electron chi connectivity index (χ2n) is 4.68. The summed E-state index contributed by atoms with van der Waals surface area (Å²) in [6.45, 7) is 6.72. The lowest BCUT2D eigenvalue weighted by atomic mass is 10.3. The second kappa shape index (κ2) is 9.65. The smallest absolute Gasteiger partial charge is 0.407 e. The molecule has 0 aliphatic carbocycles. The van der Waals surface area contributed by atoms with Crippen molar-refractivity contribution in [3.05, 3.63) is 35.7 Å². The number of rotatable bonds is 8. The third-order valence-electron chi connectivity index (χ3n) is 2.55. The van der Waals surface area contributed by atoms with Gasteiger partial charge in [0.15, 0.2) is 11.6 Å². The summed E-state index contributed by atoms with van der Waals surface area (Å²) in [4.78, 5) is 11.0. The molecule has 1 rings (SSSR count). The van der Waals surface area contributed by atoms with Crippen LogP contribution in [0.1, 0.15) is 20.8 Å². The van der Waals surface area contributed by atoms with Crippen molar-refractivity contribution in [3.8, 4) is 11.5 Å². The highest BCUT2D eigenvalue weighted by molar-refractivity contribution is 5.66. The fourth-order valence-corrected chi connectivity index (χ4v) is 1.49. The van der Waals surface area contributed by atoms with E-state index in [4.69, 9.17) is 9.47 Å². The molecule has 0 aliphatic rings. The summed E-state index contributed by atoms with van der Waals surface area (Å²) in [7, 11) is 0. The molecule has 0 radical (unpaired) electrons. The molecule has 0 fully saturated rings. The largest absolute Gasteiger partial charge is 0.489 e. The van der Waals surface area contributed by atoms with Crippen LogP contribution >= 0.6 is 0 Å². The number of hydrogen-bond donors (Lipinski definition) is 1. The summed E-state index contributed by atoms with van der Waals surface area (Å²) >= 11 is 0. The predicted octanol–water partition coefficient (Wildman–Crippen LogP) is 3.30. The minimum Gasteiger partial charge on any atom is -0.489 e. The van der Waals surface area contributed by atoms with Gasteiger partial charge in [0.05, 0.1) is 13.2 Å². The van der Waals surface area contributed by atoms with Crippen molar-refractivity contribution >= 4 is 6.09 Å². The first-order valence-corrected chi connectivity index (χ1v) is 7.12. The molecular formula is C16H22FNO4. The van der Waals surface area contributed by atoms with Crippen LogP contribution < -0.4 is 14.8 Å². The maximum Gasteiger partial charge on any atom is 0.407 e. The highest BCUT2D eigenvalue weighted by Gasteiger charge is 2.06. The molecule has 1 aromatic carbocycles. The number of nitrogens with one attached hydrogen (secondary N) is 1. The van der Waals surface area contributed by atoms with E-state index >= 15 is 0 Å². The van der Waals surface area contributed by atoms with E-state index in [-0.39, 0.29) is 18.9 Å². The van der Waals surface area contributed by atoms with Gasteiger partial charge in [0.2, 0.25) is 0 Å². The molecule has 1 amide bonds. The van der Waals surface area contributed by atoms with E-state index in [0.717, 1.165) is 5.57 Å². The molecule has 1 aromatic rings. The first-order valence-electron chi connectivity index (χ1n) is 7.12. The van der Waals surface area contributed by atoms with E-state index in [9.17, 15) is 9.18 Å². The molecule has 6 heteroatoms. The molecule has 1 N–H and O–H groups in total. The zero-order valence-corrected chi connectivity index (χ0v) is 13.1. The third kappa shape index (κ3) is 6.97. The van der Waals surface area contributed by atoms with Gasteiger partial charge in [-0.05, 0) is 39.0 Å². The van der Waals surface area contributed by atoms with Gasteiger partial charge < -0.3 is 19.5 Å². The van der Waals surface area contributed by atoms with Crippen LogP contribution in [0.25, 0.3) is 0 Å². The van der Waals surface area contributed by atoms with Gasteiger partial charge in [0.25, 0.3) is 0 Å². The molecule has 122 valence electrons. The summed E-state index contributed by atoms with van der Waals surface area (Å²) in [5.74, 6) is 0.0399. The Bertz CT molecular complexity index is 513.